The van der Waals surface area contributed by atoms with Crippen molar-refractivity contribution in [3.05, 3.63) is 64.7 Å². The summed E-state index contributed by atoms with van der Waals surface area (Å²) in [4.78, 5) is 26.7. The average molecular weight is 387 g/mol. The summed E-state index contributed by atoms with van der Waals surface area (Å²) in [5.41, 5.74) is 1.42. The third-order valence-corrected chi connectivity index (χ3v) is 4.73. The van der Waals surface area contributed by atoms with Gasteiger partial charge in [-0.2, -0.15) is 0 Å². The van der Waals surface area contributed by atoms with Crippen LogP contribution < -0.4 is 10.1 Å². The van der Waals surface area contributed by atoms with Crippen LogP contribution in [0.2, 0.25) is 5.02 Å². The maximum absolute atomic E-state index is 12.7. The van der Waals surface area contributed by atoms with Gasteiger partial charge in [0.25, 0.3) is 11.8 Å². The molecule has 1 heterocycles. The number of rotatable bonds is 6. The standard InChI is InChI=1S/C21H23ClN2O3/c22-17-8-6-7-16(13-17)14-23-20(25)15-27-19-10-3-2-9-18(19)21(26)24-11-4-1-5-12-24/h2-3,6-10,13H,1,4-5,11-12,14-15H2,(H,23,25). The molecule has 0 spiro atoms. The summed E-state index contributed by atoms with van der Waals surface area (Å²) >= 11 is 5.94. The highest BCUT2D eigenvalue weighted by Gasteiger charge is 2.21. The number of nitrogens with zero attached hydrogens (tertiary/aromatic N) is 1. The summed E-state index contributed by atoms with van der Waals surface area (Å²) in [5.74, 6) is 0.144. The molecule has 0 saturated carbocycles. The topological polar surface area (TPSA) is 58.6 Å². The molecule has 0 atom stereocenters. The predicted octanol–water partition coefficient (Wildman–Crippen LogP) is 3.66. The van der Waals surface area contributed by atoms with E-state index in [1.54, 1.807) is 30.3 Å². The minimum atomic E-state index is -0.254. The molecule has 0 radical (unpaired) electrons. The van der Waals surface area contributed by atoms with Crippen LogP contribution in [0.3, 0.4) is 0 Å². The first-order chi connectivity index (χ1) is 13.1. The molecule has 0 aliphatic carbocycles. The van der Waals surface area contributed by atoms with Gasteiger partial charge in [0.05, 0.1) is 5.56 Å². The Morgan fingerprint density at radius 1 is 1.04 bits per heavy atom. The quantitative estimate of drug-likeness (QED) is 0.824. The number of carbonyl (C=O) groups excluding carboxylic acids is 2. The monoisotopic (exact) mass is 386 g/mol. The van der Waals surface area contributed by atoms with Gasteiger partial charge in [-0.25, -0.2) is 0 Å². The fourth-order valence-corrected chi connectivity index (χ4v) is 3.29. The number of halogens is 1. The van der Waals surface area contributed by atoms with Gasteiger partial charge in [-0.3, -0.25) is 9.59 Å². The van der Waals surface area contributed by atoms with Gasteiger partial charge in [0.1, 0.15) is 5.75 Å². The lowest BCUT2D eigenvalue weighted by Gasteiger charge is -2.27. The molecule has 2 aromatic carbocycles. The second-order valence-electron chi connectivity index (χ2n) is 6.54. The molecule has 1 aliphatic heterocycles. The maximum Gasteiger partial charge on any atom is 0.258 e. The molecule has 27 heavy (non-hydrogen) atoms. The Hall–Kier alpha value is -2.53. The first-order valence-electron chi connectivity index (χ1n) is 9.16. The van der Waals surface area contributed by atoms with Crippen molar-refractivity contribution in [3.8, 4) is 5.75 Å². The van der Waals surface area contributed by atoms with Crippen molar-refractivity contribution in [3.63, 3.8) is 0 Å². The normalized spacial score (nSPS) is 13.9. The van der Waals surface area contributed by atoms with Crippen molar-refractivity contribution in [2.24, 2.45) is 0 Å². The lowest BCUT2D eigenvalue weighted by atomic mass is 10.1. The zero-order valence-electron chi connectivity index (χ0n) is 15.1. The molecular formula is C21H23ClN2O3. The van der Waals surface area contributed by atoms with Crippen molar-refractivity contribution in [1.82, 2.24) is 10.2 Å². The highest BCUT2D eigenvalue weighted by atomic mass is 35.5. The second-order valence-corrected chi connectivity index (χ2v) is 6.98. The fourth-order valence-electron chi connectivity index (χ4n) is 3.08. The van der Waals surface area contributed by atoms with Gasteiger partial charge < -0.3 is 15.0 Å². The zero-order chi connectivity index (χ0) is 19.1. The van der Waals surface area contributed by atoms with E-state index in [2.05, 4.69) is 5.32 Å². The van der Waals surface area contributed by atoms with E-state index in [1.165, 1.54) is 0 Å². The number of piperidine rings is 1. The van der Waals surface area contributed by atoms with Gasteiger partial charge in [-0.05, 0) is 49.1 Å². The van der Waals surface area contributed by atoms with E-state index in [9.17, 15) is 9.59 Å². The van der Waals surface area contributed by atoms with Crippen molar-refractivity contribution < 1.29 is 14.3 Å². The van der Waals surface area contributed by atoms with Crippen LogP contribution in [-0.4, -0.2) is 36.4 Å². The molecule has 0 aromatic heterocycles. The van der Waals surface area contributed by atoms with Crippen LogP contribution in [0.5, 0.6) is 5.75 Å². The molecule has 5 nitrogen and oxygen atoms in total. The number of hydrogen-bond acceptors (Lipinski definition) is 3. The van der Waals surface area contributed by atoms with E-state index in [1.807, 2.05) is 23.1 Å². The molecule has 1 N–H and O–H groups in total. The van der Waals surface area contributed by atoms with Crippen molar-refractivity contribution in [2.75, 3.05) is 19.7 Å². The Kier molecular flexibility index (Phi) is 6.71. The average Bonchev–Trinajstić information content (AvgIpc) is 2.71. The van der Waals surface area contributed by atoms with Crippen molar-refractivity contribution in [2.45, 2.75) is 25.8 Å². The number of nitrogens with one attached hydrogen (secondary N) is 1. The fraction of sp³-hybridized carbons (Fsp3) is 0.333. The summed E-state index contributed by atoms with van der Waals surface area (Å²) < 4.78 is 5.64. The lowest BCUT2D eigenvalue weighted by molar-refractivity contribution is -0.123. The van der Waals surface area contributed by atoms with E-state index >= 15 is 0 Å². The Bertz CT molecular complexity index is 804. The van der Waals surface area contributed by atoms with Gasteiger partial charge in [0.15, 0.2) is 6.61 Å². The second kappa shape index (κ2) is 9.42. The van der Waals surface area contributed by atoms with E-state index in [0.29, 0.717) is 22.9 Å². The van der Waals surface area contributed by atoms with Crippen LogP contribution in [0.4, 0.5) is 0 Å². The Balaban J connectivity index is 1.56. The summed E-state index contributed by atoms with van der Waals surface area (Å²) in [5, 5.41) is 3.42. The van der Waals surface area contributed by atoms with E-state index in [0.717, 1.165) is 37.9 Å². The van der Waals surface area contributed by atoms with Crippen molar-refractivity contribution in [1.29, 1.82) is 0 Å². The van der Waals surface area contributed by atoms with Crippen LogP contribution in [0, 0.1) is 0 Å². The van der Waals surface area contributed by atoms with Crippen molar-refractivity contribution >= 4 is 23.4 Å². The predicted molar refractivity (Wildman–Crippen MR) is 105 cm³/mol. The van der Waals surface area contributed by atoms with Gasteiger partial charge in [0.2, 0.25) is 0 Å². The summed E-state index contributed by atoms with van der Waals surface area (Å²) in [6.07, 6.45) is 3.22. The summed E-state index contributed by atoms with van der Waals surface area (Å²) in [6, 6.07) is 14.4. The Labute approximate surface area is 164 Å². The lowest BCUT2D eigenvalue weighted by Crippen LogP contribution is -2.36. The molecule has 2 aromatic rings. The zero-order valence-corrected chi connectivity index (χ0v) is 15.9. The summed E-state index contributed by atoms with van der Waals surface area (Å²) in [7, 11) is 0. The smallest absolute Gasteiger partial charge is 0.258 e. The van der Waals surface area contributed by atoms with E-state index in [-0.39, 0.29) is 18.4 Å². The highest BCUT2D eigenvalue weighted by Crippen LogP contribution is 2.22. The molecular weight excluding hydrogens is 364 g/mol. The molecule has 2 amide bonds. The number of likely N-dealkylation sites (tertiary alicyclic amines) is 1. The highest BCUT2D eigenvalue weighted by molar-refractivity contribution is 6.30. The SMILES string of the molecule is O=C(COc1ccccc1C(=O)N1CCCCC1)NCc1cccc(Cl)c1. The number of para-hydroxylation sites is 1. The minimum absolute atomic E-state index is 0.0374. The number of benzene rings is 2. The van der Waals surface area contributed by atoms with Gasteiger partial charge in [-0.1, -0.05) is 35.9 Å². The van der Waals surface area contributed by atoms with Gasteiger partial charge in [0, 0.05) is 24.7 Å². The molecule has 3 rings (SSSR count). The Morgan fingerprint density at radius 3 is 2.59 bits per heavy atom. The number of hydrogen-bond donors (Lipinski definition) is 1. The molecule has 6 heteroatoms. The third-order valence-electron chi connectivity index (χ3n) is 4.50. The van der Waals surface area contributed by atoms with Crippen LogP contribution in [0.25, 0.3) is 0 Å². The largest absolute Gasteiger partial charge is 0.483 e. The van der Waals surface area contributed by atoms with E-state index in [4.69, 9.17) is 16.3 Å². The van der Waals surface area contributed by atoms with Gasteiger partial charge in [-0.15, -0.1) is 0 Å². The van der Waals surface area contributed by atoms with Crippen LogP contribution in [0.15, 0.2) is 48.5 Å². The molecule has 1 saturated heterocycles. The maximum atomic E-state index is 12.7. The summed E-state index contributed by atoms with van der Waals surface area (Å²) in [6.45, 7) is 1.77. The van der Waals surface area contributed by atoms with Crippen LogP contribution in [-0.2, 0) is 11.3 Å². The van der Waals surface area contributed by atoms with Crippen LogP contribution in [0.1, 0.15) is 35.2 Å². The molecule has 0 unspecified atom stereocenters. The molecule has 1 aliphatic rings. The Morgan fingerprint density at radius 2 is 1.81 bits per heavy atom. The molecule has 142 valence electrons. The minimum Gasteiger partial charge on any atom is -0.483 e. The molecule has 0 bridgehead atoms. The van der Waals surface area contributed by atoms with E-state index < -0.39 is 0 Å². The first kappa shape index (κ1) is 19.2. The third kappa shape index (κ3) is 5.47. The molecule has 1 fully saturated rings. The van der Waals surface area contributed by atoms with Crippen LogP contribution >= 0.6 is 11.6 Å². The van der Waals surface area contributed by atoms with Gasteiger partial charge >= 0.3 is 0 Å². The number of carbonyl (C=O) groups is 2. The number of ether oxygens (including phenoxy) is 1. The first-order valence-corrected chi connectivity index (χ1v) is 9.53. The number of amides is 2.